The lowest BCUT2D eigenvalue weighted by Crippen LogP contribution is -2.11. The first-order chi connectivity index (χ1) is 6.66. The van der Waals surface area contributed by atoms with Gasteiger partial charge in [0.1, 0.15) is 0 Å². The van der Waals surface area contributed by atoms with Crippen LogP contribution in [0.5, 0.6) is 0 Å². The predicted molar refractivity (Wildman–Crippen MR) is 66.0 cm³/mol. The summed E-state index contributed by atoms with van der Waals surface area (Å²) >= 11 is 5.48. The van der Waals surface area contributed by atoms with Crippen molar-refractivity contribution in [1.29, 1.82) is 0 Å². The van der Waals surface area contributed by atoms with E-state index in [9.17, 15) is 0 Å². The molecule has 0 spiro atoms. The van der Waals surface area contributed by atoms with Gasteiger partial charge in [0.25, 0.3) is 0 Å². The van der Waals surface area contributed by atoms with Crippen molar-refractivity contribution in [3.63, 3.8) is 0 Å². The van der Waals surface area contributed by atoms with E-state index in [4.69, 9.17) is 12.6 Å². The van der Waals surface area contributed by atoms with Crippen molar-refractivity contribution in [3.8, 4) is 0 Å². The maximum Gasteiger partial charge on any atom is 0.0421 e. The van der Waals surface area contributed by atoms with Crippen LogP contribution in [0.15, 0.2) is 24.3 Å². The molecule has 77 valence electrons. The average molecular weight is 208 g/mol. The number of hydrogen-bond donors (Lipinski definition) is 0. The molecule has 1 aromatic rings. The van der Waals surface area contributed by atoms with Gasteiger partial charge in [-0.25, -0.2) is 0 Å². The van der Waals surface area contributed by atoms with Crippen LogP contribution in [0.25, 0.3) is 0 Å². The molecule has 1 rings (SSSR count). The summed E-state index contributed by atoms with van der Waals surface area (Å²) in [5, 5.41) is 0.249. The second-order valence-electron chi connectivity index (χ2n) is 3.73. The number of para-hydroxylation sites is 1. The molecule has 0 bridgehead atoms. The molecule has 1 nitrogen and oxygen atoms in total. The first-order valence-corrected chi connectivity index (χ1v) is 5.56. The zero-order valence-electron chi connectivity index (χ0n) is 9.16. The molecule has 0 N–H and O–H groups in total. The molecule has 1 unspecified atom stereocenters. The van der Waals surface area contributed by atoms with Gasteiger partial charge >= 0.3 is 0 Å². The van der Waals surface area contributed by atoms with E-state index in [1.165, 1.54) is 11.3 Å². The lowest BCUT2D eigenvalue weighted by Gasteiger charge is -2.20. The largest absolute Gasteiger partial charge is 0.377 e. The summed E-state index contributed by atoms with van der Waals surface area (Å²) in [4.78, 5) is 2.13. The lowest BCUT2D eigenvalue weighted by atomic mass is 10.1. The summed E-state index contributed by atoms with van der Waals surface area (Å²) in [6.45, 7) is 2.18. The van der Waals surface area contributed by atoms with Crippen molar-refractivity contribution in [1.82, 2.24) is 0 Å². The lowest BCUT2D eigenvalue weighted by molar-refractivity contribution is 0.781. The minimum absolute atomic E-state index is 0.249. The summed E-state index contributed by atoms with van der Waals surface area (Å²) in [7, 11) is 4.12. The molecule has 0 aliphatic carbocycles. The third-order valence-corrected chi connectivity index (χ3v) is 2.81. The van der Waals surface area contributed by atoms with Crippen molar-refractivity contribution >= 4 is 18.3 Å². The maximum absolute atomic E-state index is 5.48. The third kappa shape index (κ3) is 2.68. The van der Waals surface area contributed by atoms with E-state index >= 15 is 0 Å². The summed E-state index contributed by atoms with van der Waals surface area (Å²) in [5.41, 5.74) is 2.54. The van der Waals surface area contributed by atoms with Crippen molar-refractivity contribution in [2.75, 3.05) is 19.0 Å². The van der Waals surface area contributed by atoms with Gasteiger partial charge in [0, 0.05) is 25.0 Å². The van der Waals surface area contributed by atoms with Crippen LogP contribution in [0.3, 0.4) is 0 Å². The van der Waals surface area contributed by atoms with Crippen molar-refractivity contribution < 1.29 is 0 Å². The fourth-order valence-corrected chi connectivity index (χ4v) is 2.02. The molecule has 1 atom stereocenters. The zero-order chi connectivity index (χ0) is 10.6. The van der Waals surface area contributed by atoms with Gasteiger partial charge in [-0.15, -0.1) is 0 Å². The van der Waals surface area contributed by atoms with Crippen molar-refractivity contribution in [2.45, 2.75) is 25.0 Å². The van der Waals surface area contributed by atoms with E-state index < -0.39 is 0 Å². The number of anilines is 1. The Kier molecular flexibility index (Phi) is 4.33. The van der Waals surface area contributed by atoms with Gasteiger partial charge in [0.2, 0.25) is 0 Å². The predicted octanol–water partition coefficient (Wildman–Crippen LogP) is 3.79. The summed E-state index contributed by atoms with van der Waals surface area (Å²) in [6.07, 6.45) is 2.23. The van der Waals surface area contributed by atoms with E-state index in [-0.39, 0.29) is 5.25 Å². The highest BCUT2D eigenvalue weighted by atomic mass is 32.1. The molecule has 1 aromatic carbocycles. The molecule has 2 heteroatoms. The fraction of sp³-hybridized carbons (Fsp3) is 0.500. The smallest absolute Gasteiger partial charge is 0.0421 e. The molecule has 0 saturated carbocycles. The van der Waals surface area contributed by atoms with Gasteiger partial charge in [-0.2, -0.15) is 0 Å². The van der Waals surface area contributed by atoms with E-state index in [0.29, 0.717) is 0 Å². The van der Waals surface area contributed by atoms with Crippen LogP contribution in [0.2, 0.25) is 0 Å². The monoisotopic (exact) mass is 208 g/mol. The molecule has 0 aromatic heterocycles. The highest BCUT2D eigenvalue weighted by Gasteiger charge is 2.11. The molecule has 0 amide bonds. The molecule has 0 aliphatic rings. The van der Waals surface area contributed by atoms with Crippen LogP contribution in [0.4, 0.5) is 5.69 Å². The Hall–Kier alpha value is -0.630. The Balaban J connectivity index is 2.94. The average Bonchev–Trinajstić information content (AvgIpc) is 2.18. The Labute approximate surface area is 92.5 Å². The number of nitrogens with zero attached hydrogens (tertiary/aromatic N) is 1. The van der Waals surface area contributed by atoms with Crippen LogP contribution in [-0.2, 0) is 0 Å². The second-order valence-corrected chi connectivity index (χ2v) is 4.30. The molecule has 0 saturated heterocycles. The topological polar surface area (TPSA) is 3.24 Å². The Bertz CT molecular complexity index is 283. The fourth-order valence-electron chi connectivity index (χ4n) is 1.58. The number of benzene rings is 1. The van der Waals surface area contributed by atoms with Gasteiger partial charge in [-0.3, -0.25) is 0 Å². The van der Waals surface area contributed by atoms with Crippen molar-refractivity contribution in [2.24, 2.45) is 0 Å². The van der Waals surface area contributed by atoms with Gasteiger partial charge in [-0.1, -0.05) is 44.2 Å². The summed E-state index contributed by atoms with van der Waals surface area (Å²) in [5.74, 6) is 0. The number of rotatable bonds is 4. The Morgan fingerprint density at radius 1 is 1.29 bits per heavy atom. The third-order valence-electron chi connectivity index (χ3n) is 2.32. The second kappa shape index (κ2) is 5.30. The van der Waals surface area contributed by atoms with Gasteiger partial charge in [0.05, 0.1) is 0 Å². The Morgan fingerprint density at radius 2 is 1.93 bits per heavy atom. The first-order valence-electron chi connectivity index (χ1n) is 5.09. The molecule has 14 heavy (non-hydrogen) atoms. The molecule has 0 heterocycles. The molecule has 0 fully saturated rings. The summed E-state index contributed by atoms with van der Waals surface area (Å²) in [6, 6.07) is 8.40. The summed E-state index contributed by atoms with van der Waals surface area (Å²) < 4.78 is 0. The molecular formula is C12H18NS. The van der Waals surface area contributed by atoms with Crippen LogP contribution in [0.1, 0.15) is 30.6 Å². The molecule has 1 radical (unpaired) electrons. The number of hydrogen-bond acceptors (Lipinski definition) is 1. The molecular weight excluding hydrogens is 190 g/mol. The normalized spacial score (nSPS) is 12.6. The van der Waals surface area contributed by atoms with E-state index in [1.807, 2.05) is 0 Å². The van der Waals surface area contributed by atoms with Gasteiger partial charge < -0.3 is 4.90 Å². The van der Waals surface area contributed by atoms with Gasteiger partial charge in [0.15, 0.2) is 0 Å². The van der Waals surface area contributed by atoms with Crippen LogP contribution in [-0.4, -0.2) is 14.1 Å². The minimum Gasteiger partial charge on any atom is -0.377 e. The van der Waals surface area contributed by atoms with Crippen LogP contribution >= 0.6 is 12.6 Å². The zero-order valence-corrected chi connectivity index (χ0v) is 9.97. The van der Waals surface area contributed by atoms with E-state index in [1.54, 1.807) is 0 Å². The Morgan fingerprint density at radius 3 is 2.50 bits per heavy atom. The highest BCUT2D eigenvalue weighted by Crippen LogP contribution is 2.31. The van der Waals surface area contributed by atoms with Crippen LogP contribution in [0, 0.1) is 0 Å². The quantitative estimate of drug-likeness (QED) is 0.727. The van der Waals surface area contributed by atoms with E-state index in [2.05, 4.69) is 50.2 Å². The first kappa shape index (κ1) is 11.4. The van der Waals surface area contributed by atoms with Crippen LogP contribution < -0.4 is 4.90 Å². The maximum atomic E-state index is 5.48. The van der Waals surface area contributed by atoms with Crippen molar-refractivity contribution in [3.05, 3.63) is 29.8 Å². The molecule has 0 aliphatic heterocycles. The van der Waals surface area contributed by atoms with E-state index in [0.717, 1.165) is 12.8 Å². The standard InChI is InChI=1S/C12H18NS/c1-4-7-12(14)10-8-5-6-9-11(10)13(2)3/h5-6,8-9,12H,4,7H2,1-3H3. The minimum atomic E-state index is 0.249. The SMILES string of the molecule is CCCC([S])c1ccccc1N(C)C. The van der Waals surface area contributed by atoms with Gasteiger partial charge in [-0.05, 0) is 18.1 Å². The highest BCUT2D eigenvalue weighted by molar-refractivity contribution is 7.80.